The van der Waals surface area contributed by atoms with Crippen molar-refractivity contribution in [2.75, 3.05) is 0 Å². The van der Waals surface area contributed by atoms with Gasteiger partial charge in [0.2, 0.25) is 11.8 Å². The van der Waals surface area contributed by atoms with Crippen LogP contribution in [-0.2, 0) is 9.59 Å². The van der Waals surface area contributed by atoms with Gasteiger partial charge in [-0.3, -0.25) is 9.59 Å². The topological polar surface area (TPSA) is 86.2 Å². The number of carbonyl (C=O) groups excluding carboxylic acids is 2. The van der Waals surface area contributed by atoms with E-state index in [0.717, 1.165) is 0 Å². The number of rotatable bonds is 4. The molecule has 4 N–H and O–H groups in total. The highest BCUT2D eigenvalue weighted by atomic mass is 32.2. The lowest BCUT2D eigenvalue weighted by molar-refractivity contribution is -0.117. The zero-order chi connectivity index (χ0) is 9.02. The van der Waals surface area contributed by atoms with Gasteiger partial charge in [0.05, 0.1) is 10.5 Å². The molecule has 0 bridgehead atoms. The van der Waals surface area contributed by atoms with Crippen molar-refractivity contribution < 1.29 is 9.59 Å². The molecule has 0 spiro atoms. The van der Waals surface area contributed by atoms with Crippen LogP contribution in [0.4, 0.5) is 0 Å². The largest absolute Gasteiger partial charge is 0.369 e. The van der Waals surface area contributed by atoms with Crippen LogP contribution in [0.2, 0.25) is 0 Å². The molecule has 0 aromatic rings. The summed E-state index contributed by atoms with van der Waals surface area (Å²) in [6, 6.07) is 0. The number of hydrogen-bond acceptors (Lipinski definition) is 3. The Labute approximate surface area is 69.7 Å². The van der Waals surface area contributed by atoms with Crippen LogP contribution in [0.5, 0.6) is 0 Å². The van der Waals surface area contributed by atoms with Gasteiger partial charge in [-0.2, -0.15) is 0 Å². The molecule has 0 aromatic heterocycles. The zero-order valence-corrected chi connectivity index (χ0v) is 7.35. The molecule has 0 rings (SSSR count). The fourth-order valence-electron chi connectivity index (χ4n) is 0.440. The second-order valence-corrected chi connectivity index (χ2v) is 3.91. The van der Waals surface area contributed by atoms with E-state index in [0.29, 0.717) is 0 Å². The Morgan fingerprint density at radius 1 is 1.09 bits per heavy atom. The van der Waals surface area contributed by atoms with E-state index in [9.17, 15) is 9.59 Å². The van der Waals surface area contributed by atoms with Gasteiger partial charge in [0.15, 0.2) is 0 Å². The summed E-state index contributed by atoms with van der Waals surface area (Å²) in [7, 11) is 0. The van der Waals surface area contributed by atoms with Crippen LogP contribution in [0, 0.1) is 0 Å². The van der Waals surface area contributed by atoms with Gasteiger partial charge < -0.3 is 11.5 Å². The standard InChI is InChI=1S/C6H12N2O2S/c1-3(5(7)9)11-4(2)6(8)10/h3-4H,1-2H3,(H2,7,9)(H2,8,10)/t3-,4-/m0/s1. The maximum atomic E-state index is 10.5. The first-order valence-corrected chi connectivity index (χ1v) is 4.13. The Morgan fingerprint density at radius 3 is 1.55 bits per heavy atom. The van der Waals surface area contributed by atoms with Crippen LogP contribution in [0.3, 0.4) is 0 Å². The summed E-state index contributed by atoms with van der Waals surface area (Å²) in [4.78, 5) is 21.0. The first-order chi connectivity index (χ1) is 4.95. The van der Waals surface area contributed by atoms with Gasteiger partial charge in [-0.25, -0.2) is 0 Å². The monoisotopic (exact) mass is 176 g/mol. The Balaban J connectivity index is 3.84. The van der Waals surface area contributed by atoms with E-state index in [1.165, 1.54) is 11.8 Å². The second kappa shape index (κ2) is 4.23. The normalized spacial score (nSPS) is 15.5. The summed E-state index contributed by atoms with van der Waals surface area (Å²) in [5.74, 6) is -0.855. The predicted octanol–water partition coefficient (Wildman–Crippen LogP) is -0.533. The van der Waals surface area contributed by atoms with E-state index < -0.39 is 11.8 Å². The summed E-state index contributed by atoms with van der Waals surface area (Å²) >= 11 is 1.17. The summed E-state index contributed by atoms with van der Waals surface area (Å²) < 4.78 is 0. The molecule has 0 heterocycles. The van der Waals surface area contributed by atoms with E-state index in [4.69, 9.17) is 11.5 Å². The second-order valence-electron chi connectivity index (χ2n) is 2.23. The van der Waals surface area contributed by atoms with E-state index in [-0.39, 0.29) is 10.5 Å². The molecular formula is C6H12N2O2S. The molecule has 2 atom stereocenters. The SMILES string of the molecule is C[C@H](S[C@@H](C)C(N)=O)C(N)=O. The number of thioether (sulfide) groups is 1. The van der Waals surface area contributed by atoms with Crippen molar-refractivity contribution in [3.63, 3.8) is 0 Å². The number of nitrogens with two attached hydrogens (primary N) is 2. The van der Waals surface area contributed by atoms with Crippen molar-refractivity contribution >= 4 is 23.6 Å². The van der Waals surface area contributed by atoms with Crippen LogP contribution in [0.25, 0.3) is 0 Å². The van der Waals surface area contributed by atoms with Gasteiger partial charge in [0.1, 0.15) is 0 Å². The van der Waals surface area contributed by atoms with E-state index >= 15 is 0 Å². The maximum Gasteiger partial charge on any atom is 0.230 e. The lowest BCUT2D eigenvalue weighted by Gasteiger charge is -2.10. The molecule has 0 radical (unpaired) electrons. The van der Waals surface area contributed by atoms with Gasteiger partial charge >= 0.3 is 0 Å². The molecule has 0 saturated heterocycles. The molecule has 0 aliphatic rings. The van der Waals surface area contributed by atoms with Crippen LogP contribution in [0.1, 0.15) is 13.8 Å². The Kier molecular flexibility index (Phi) is 3.95. The molecule has 0 saturated carbocycles. The zero-order valence-electron chi connectivity index (χ0n) is 6.53. The Hall–Kier alpha value is -0.710. The first-order valence-electron chi connectivity index (χ1n) is 3.19. The third-order valence-corrected chi connectivity index (χ3v) is 2.49. The summed E-state index contributed by atoms with van der Waals surface area (Å²) in [5.41, 5.74) is 9.95. The van der Waals surface area contributed by atoms with Crippen molar-refractivity contribution in [3.05, 3.63) is 0 Å². The van der Waals surface area contributed by atoms with Crippen molar-refractivity contribution in [3.8, 4) is 0 Å². The van der Waals surface area contributed by atoms with Gasteiger partial charge in [-0.05, 0) is 13.8 Å². The van der Waals surface area contributed by atoms with Crippen LogP contribution in [-0.4, -0.2) is 22.3 Å². The average molecular weight is 176 g/mol. The molecule has 2 amide bonds. The molecule has 64 valence electrons. The van der Waals surface area contributed by atoms with Gasteiger partial charge in [0, 0.05) is 0 Å². The van der Waals surface area contributed by atoms with Gasteiger partial charge in [-0.1, -0.05) is 0 Å². The van der Waals surface area contributed by atoms with Gasteiger partial charge in [0.25, 0.3) is 0 Å². The number of primary amides is 2. The minimum absolute atomic E-state index is 0.363. The molecule has 0 aliphatic carbocycles. The minimum Gasteiger partial charge on any atom is -0.369 e. The number of amides is 2. The molecule has 11 heavy (non-hydrogen) atoms. The molecule has 5 heteroatoms. The molecule has 0 aromatic carbocycles. The minimum atomic E-state index is -0.428. The lowest BCUT2D eigenvalue weighted by atomic mass is 10.4. The van der Waals surface area contributed by atoms with Crippen LogP contribution in [0.15, 0.2) is 0 Å². The summed E-state index contributed by atoms with van der Waals surface area (Å²) in [5, 5.41) is -0.727. The van der Waals surface area contributed by atoms with E-state index in [2.05, 4.69) is 0 Å². The highest BCUT2D eigenvalue weighted by molar-refractivity contribution is 8.01. The number of carbonyl (C=O) groups is 2. The van der Waals surface area contributed by atoms with Crippen molar-refractivity contribution in [2.24, 2.45) is 11.5 Å². The summed E-state index contributed by atoms with van der Waals surface area (Å²) in [6.07, 6.45) is 0. The van der Waals surface area contributed by atoms with Crippen LogP contribution < -0.4 is 11.5 Å². The molecule has 4 nitrogen and oxygen atoms in total. The average Bonchev–Trinajstić information content (AvgIpc) is 1.87. The Morgan fingerprint density at radius 2 is 1.36 bits per heavy atom. The molecule has 0 aliphatic heterocycles. The number of hydrogen-bond donors (Lipinski definition) is 2. The van der Waals surface area contributed by atoms with Crippen molar-refractivity contribution in [1.29, 1.82) is 0 Å². The predicted molar refractivity (Wildman–Crippen MR) is 44.9 cm³/mol. The quantitative estimate of drug-likeness (QED) is 0.603. The molecule has 0 unspecified atom stereocenters. The highest BCUT2D eigenvalue weighted by Gasteiger charge is 2.16. The maximum absolute atomic E-state index is 10.5. The molecular weight excluding hydrogens is 164 g/mol. The fourth-order valence-corrected chi connectivity index (χ4v) is 1.32. The fraction of sp³-hybridized carbons (Fsp3) is 0.667. The lowest BCUT2D eigenvalue weighted by Crippen LogP contribution is -2.29. The third-order valence-electron chi connectivity index (χ3n) is 1.21. The van der Waals surface area contributed by atoms with Crippen molar-refractivity contribution in [1.82, 2.24) is 0 Å². The first kappa shape index (κ1) is 10.3. The van der Waals surface area contributed by atoms with E-state index in [1.807, 2.05) is 0 Å². The van der Waals surface area contributed by atoms with E-state index in [1.54, 1.807) is 13.8 Å². The van der Waals surface area contributed by atoms with Crippen LogP contribution >= 0.6 is 11.8 Å². The highest BCUT2D eigenvalue weighted by Crippen LogP contribution is 2.16. The third kappa shape index (κ3) is 3.87. The molecule has 0 fully saturated rings. The van der Waals surface area contributed by atoms with Crippen molar-refractivity contribution in [2.45, 2.75) is 24.3 Å². The summed E-state index contributed by atoms with van der Waals surface area (Å²) in [6.45, 7) is 3.29. The smallest absolute Gasteiger partial charge is 0.230 e. The Bertz CT molecular complexity index is 154. The van der Waals surface area contributed by atoms with Gasteiger partial charge in [-0.15, -0.1) is 11.8 Å².